The number of likely N-dealkylation sites (tertiary alicyclic amines) is 1. The van der Waals surface area contributed by atoms with Gasteiger partial charge in [0, 0.05) is 50.8 Å². The number of rotatable bonds is 6. The predicted molar refractivity (Wildman–Crippen MR) is 135 cm³/mol. The number of halogens is 3. The molecular formula is C26H40F3N5O4. The molecule has 38 heavy (non-hydrogen) atoms. The van der Waals surface area contributed by atoms with Gasteiger partial charge in [-0.3, -0.25) is 14.8 Å². The summed E-state index contributed by atoms with van der Waals surface area (Å²) in [5.41, 5.74) is -0.534. The third-order valence-electron chi connectivity index (χ3n) is 8.90. The number of fused-ring (bicyclic) bond motifs is 2. The van der Waals surface area contributed by atoms with Crippen LogP contribution in [0.5, 0.6) is 0 Å². The van der Waals surface area contributed by atoms with Crippen molar-refractivity contribution in [3.63, 3.8) is 0 Å². The zero-order chi connectivity index (χ0) is 27.2. The van der Waals surface area contributed by atoms with Crippen LogP contribution in [0.1, 0.15) is 46.5 Å². The summed E-state index contributed by atoms with van der Waals surface area (Å²) in [4.78, 5) is 20.6. The first-order valence-electron chi connectivity index (χ1n) is 13.8. The number of piperidine rings is 1. The van der Waals surface area contributed by atoms with Crippen LogP contribution in [-0.2, 0) is 19.0 Å². The summed E-state index contributed by atoms with van der Waals surface area (Å²) >= 11 is 0. The van der Waals surface area contributed by atoms with Gasteiger partial charge < -0.3 is 24.4 Å². The van der Waals surface area contributed by atoms with Crippen molar-refractivity contribution in [2.75, 3.05) is 33.4 Å². The summed E-state index contributed by atoms with van der Waals surface area (Å²) in [6, 6.07) is -0.528. The van der Waals surface area contributed by atoms with Crippen molar-refractivity contribution in [3.8, 4) is 0 Å². The van der Waals surface area contributed by atoms with Gasteiger partial charge in [-0.25, -0.2) is 0 Å². The lowest BCUT2D eigenvalue weighted by molar-refractivity contribution is -0.147. The molecule has 8 unspecified atom stereocenters. The highest BCUT2D eigenvalue weighted by Crippen LogP contribution is 2.49. The first-order valence-corrected chi connectivity index (χ1v) is 13.8. The second-order valence-electron chi connectivity index (χ2n) is 11.8. The lowest BCUT2D eigenvalue weighted by Gasteiger charge is -2.50. The molecule has 0 aliphatic carbocycles. The van der Waals surface area contributed by atoms with Gasteiger partial charge in [0.15, 0.2) is 6.23 Å². The normalized spacial score (nSPS) is 39.0. The number of carbonyl (C=O) groups is 1. The van der Waals surface area contributed by atoms with Crippen molar-refractivity contribution in [1.29, 1.82) is 0 Å². The Balaban J connectivity index is 1.38. The van der Waals surface area contributed by atoms with Crippen molar-refractivity contribution in [3.05, 3.63) is 0 Å². The van der Waals surface area contributed by atoms with Gasteiger partial charge in [0.2, 0.25) is 5.91 Å². The fraction of sp³-hybridized carbons (Fsp3) is 0.885. The highest BCUT2D eigenvalue weighted by Gasteiger charge is 2.63. The van der Waals surface area contributed by atoms with Crippen LogP contribution in [0.2, 0.25) is 0 Å². The van der Waals surface area contributed by atoms with E-state index in [1.165, 1.54) is 6.21 Å². The predicted octanol–water partition coefficient (Wildman–Crippen LogP) is 2.45. The number of alkyl halides is 3. The quantitative estimate of drug-likeness (QED) is 0.554. The molecule has 0 aromatic heterocycles. The van der Waals surface area contributed by atoms with Crippen LogP contribution in [0.25, 0.3) is 0 Å². The standard InChI is InChI=1S/C26H40F3N5O4/c1-15(2)38-23-20(36-4)10-17(11-30-23)19-9-16(3)21-22(32-19)25(5-7-37-8-6-25)34(24(21)35)18-12-31-33(13-18)14-26(27,28)29/h11-12,15-23,32H,5-10,13-14H2,1-4H3. The van der Waals surface area contributed by atoms with E-state index in [0.717, 1.165) is 17.9 Å². The van der Waals surface area contributed by atoms with Crippen LogP contribution >= 0.6 is 0 Å². The average Bonchev–Trinajstić information content (AvgIpc) is 3.38. The van der Waals surface area contributed by atoms with Gasteiger partial charge >= 0.3 is 6.18 Å². The number of hydrazone groups is 1. The van der Waals surface area contributed by atoms with Crippen LogP contribution in [0, 0.1) is 17.8 Å². The molecule has 5 aliphatic rings. The number of ether oxygens (including phenoxy) is 3. The van der Waals surface area contributed by atoms with E-state index >= 15 is 0 Å². The van der Waals surface area contributed by atoms with Gasteiger partial charge in [0.1, 0.15) is 12.6 Å². The minimum atomic E-state index is -4.35. The molecule has 1 N–H and O–H groups in total. The Morgan fingerprint density at radius 2 is 1.97 bits per heavy atom. The summed E-state index contributed by atoms with van der Waals surface area (Å²) in [6.45, 7) is 6.03. The minimum Gasteiger partial charge on any atom is -0.381 e. The lowest BCUT2D eigenvalue weighted by Crippen LogP contribution is -2.66. The van der Waals surface area contributed by atoms with Gasteiger partial charge in [0.05, 0.1) is 30.1 Å². The number of hydrogen-bond acceptors (Lipinski definition) is 8. The minimum absolute atomic E-state index is 0.0122. The number of carbonyl (C=O) groups excluding carboxylic acids is 1. The number of amides is 1. The molecule has 12 heteroatoms. The monoisotopic (exact) mass is 543 g/mol. The highest BCUT2D eigenvalue weighted by atomic mass is 19.4. The maximum atomic E-state index is 14.0. The molecule has 3 saturated heterocycles. The molecular weight excluding hydrogens is 503 g/mol. The summed E-state index contributed by atoms with van der Waals surface area (Å²) in [6.07, 6.45) is 1.53. The average molecular weight is 544 g/mol. The molecule has 0 aromatic rings. The molecule has 0 aromatic carbocycles. The maximum absolute atomic E-state index is 14.0. The largest absolute Gasteiger partial charge is 0.407 e. The number of nitrogens with one attached hydrogen (secondary N) is 1. The fourth-order valence-corrected chi connectivity index (χ4v) is 7.31. The smallest absolute Gasteiger partial charge is 0.381 e. The van der Waals surface area contributed by atoms with Crippen LogP contribution in [0.15, 0.2) is 10.1 Å². The van der Waals surface area contributed by atoms with Gasteiger partial charge in [-0.1, -0.05) is 6.92 Å². The SMILES string of the molecule is COC1CC(C2CC(C)C3C(=O)N(C4C=NN(CC(F)(F)F)C4)C4(CCOCC4)C3N2)C=NC1OC(C)C. The molecule has 5 rings (SSSR count). The fourth-order valence-electron chi connectivity index (χ4n) is 7.31. The van der Waals surface area contributed by atoms with E-state index in [2.05, 4.69) is 17.3 Å². The molecule has 1 spiro atoms. The van der Waals surface area contributed by atoms with E-state index in [4.69, 9.17) is 19.2 Å². The van der Waals surface area contributed by atoms with Gasteiger partial charge in [-0.05, 0) is 45.4 Å². The summed E-state index contributed by atoms with van der Waals surface area (Å²) in [5.74, 6) is -0.0119. The summed E-state index contributed by atoms with van der Waals surface area (Å²) in [5, 5.41) is 8.91. The van der Waals surface area contributed by atoms with Crippen molar-refractivity contribution in [1.82, 2.24) is 15.2 Å². The van der Waals surface area contributed by atoms with Crippen LogP contribution in [-0.4, -0.2) is 110 Å². The Morgan fingerprint density at radius 3 is 2.63 bits per heavy atom. The number of aliphatic imine (C=N–C) groups is 1. The topological polar surface area (TPSA) is 88.0 Å². The second-order valence-corrected chi connectivity index (χ2v) is 11.8. The van der Waals surface area contributed by atoms with E-state index in [1.54, 1.807) is 7.11 Å². The van der Waals surface area contributed by atoms with Gasteiger partial charge in [0.25, 0.3) is 0 Å². The molecule has 214 valence electrons. The Kier molecular flexibility index (Phi) is 7.80. The second kappa shape index (κ2) is 10.7. The zero-order valence-electron chi connectivity index (χ0n) is 22.6. The first-order chi connectivity index (χ1) is 18.0. The molecule has 1 amide bonds. The van der Waals surface area contributed by atoms with Gasteiger partial charge in [-0.2, -0.15) is 18.3 Å². The molecule has 5 heterocycles. The maximum Gasteiger partial charge on any atom is 0.407 e. The molecule has 9 nitrogen and oxygen atoms in total. The molecule has 3 fully saturated rings. The van der Waals surface area contributed by atoms with Gasteiger partial charge in [-0.15, -0.1) is 0 Å². The summed E-state index contributed by atoms with van der Waals surface area (Å²) < 4.78 is 56.5. The zero-order valence-corrected chi connectivity index (χ0v) is 22.6. The Morgan fingerprint density at radius 1 is 1.24 bits per heavy atom. The van der Waals surface area contributed by atoms with E-state index < -0.39 is 24.3 Å². The molecule has 5 aliphatic heterocycles. The Bertz CT molecular complexity index is 925. The van der Waals surface area contributed by atoms with Crippen LogP contribution in [0.3, 0.4) is 0 Å². The molecule has 8 atom stereocenters. The van der Waals surface area contributed by atoms with E-state index in [0.29, 0.717) is 26.1 Å². The molecule has 0 radical (unpaired) electrons. The number of methoxy groups -OCH3 is 1. The molecule has 0 saturated carbocycles. The lowest BCUT2D eigenvalue weighted by atomic mass is 9.69. The third-order valence-corrected chi connectivity index (χ3v) is 8.90. The Labute approximate surface area is 222 Å². The Hall–Kier alpha value is -1.76. The summed E-state index contributed by atoms with van der Waals surface area (Å²) in [7, 11) is 1.68. The van der Waals surface area contributed by atoms with E-state index in [9.17, 15) is 18.0 Å². The highest BCUT2D eigenvalue weighted by molar-refractivity contribution is 5.88. The first kappa shape index (κ1) is 27.8. The number of nitrogens with zero attached hydrogens (tertiary/aromatic N) is 4. The van der Waals surface area contributed by atoms with Crippen molar-refractivity contribution in [2.45, 2.75) is 94.7 Å². The van der Waals surface area contributed by atoms with Crippen LogP contribution in [0.4, 0.5) is 13.2 Å². The van der Waals surface area contributed by atoms with Crippen molar-refractivity contribution < 1.29 is 32.2 Å². The van der Waals surface area contributed by atoms with Crippen molar-refractivity contribution >= 4 is 18.3 Å². The molecule has 0 bridgehead atoms. The number of hydrogen-bond donors (Lipinski definition) is 1. The van der Waals surface area contributed by atoms with E-state index in [1.807, 2.05) is 25.0 Å². The van der Waals surface area contributed by atoms with Crippen molar-refractivity contribution in [2.24, 2.45) is 27.8 Å². The third kappa shape index (κ3) is 5.21. The van der Waals surface area contributed by atoms with Crippen LogP contribution < -0.4 is 5.32 Å². The van der Waals surface area contributed by atoms with E-state index in [-0.39, 0.29) is 60.7 Å².